The molecule has 0 saturated heterocycles. The maximum atomic E-state index is 6.19. The summed E-state index contributed by atoms with van der Waals surface area (Å²) < 4.78 is 0.827. The summed E-state index contributed by atoms with van der Waals surface area (Å²) in [5.74, 6) is 0.482. The second kappa shape index (κ2) is 8.25. The topological polar surface area (TPSA) is 41.6 Å². The van der Waals surface area contributed by atoms with E-state index in [0.717, 1.165) is 27.4 Å². The number of aliphatic imine (C=N–C) groups is 1. The maximum absolute atomic E-state index is 6.19. The predicted molar refractivity (Wildman–Crippen MR) is 102 cm³/mol. The molecule has 0 fully saturated rings. The lowest BCUT2D eigenvalue weighted by Gasteiger charge is -2.19. The van der Waals surface area contributed by atoms with Crippen LogP contribution in [0.4, 0.5) is 11.4 Å². The molecule has 0 aliphatic heterocycles. The first-order chi connectivity index (χ1) is 10.7. The van der Waals surface area contributed by atoms with Gasteiger partial charge in [-0.15, -0.1) is 11.8 Å². The van der Waals surface area contributed by atoms with Crippen molar-refractivity contribution in [3.63, 3.8) is 0 Å². The van der Waals surface area contributed by atoms with E-state index in [1.807, 2.05) is 42.3 Å². The van der Waals surface area contributed by atoms with Crippen molar-refractivity contribution in [1.82, 2.24) is 0 Å². The highest BCUT2D eigenvalue weighted by atomic mass is 79.9. The van der Waals surface area contributed by atoms with Gasteiger partial charge in [-0.1, -0.05) is 47.1 Å². The van der Waals surface area contributed by atoms with E-state index in [1.54, 1.807) is 11.8 Å². The summed E-state index contributed by atoms with van der Waals surface area (Å²) in [6.07, 6.45) is 1.00. The Morgan fingerprint density at radius 1 is 1.23 bits per heavy atom. The van der Waals surface area contributed by atoms with Gasteiger partial charge < -0.3 is 10.6 Å². The Hall–Kier alpha value is -1.46. The average molecular weight is 378 g/mol. The molecule has 2 aromatic rings. The molecule has 22 heavy (non-hydrogen) atoms. The Kier molecular flexibility index (Phi) is 6.34. The van der Waals surface area contributed by atoms with Crippen molar-refractivity contribution in [2.45, 2.75) is 18.2 Å². The van der Waals surface area contributed by atoms with Gasteiger partial charge in [0.05, 0.1) is 10.3 Å². The summed E-state index contributed by atoms with van der Waals surface area (Å²) in [5.41, 5.74) is 9.42. The van der Waals surface area contributed by atoms with Crippen molar-refractivity contribution >= 4 is 45.0 Å². The summed E-state index contributed by atoms with van der Waals surface area (Å²) in [7, 11) is 1.94. The second-order valence-electron chi connectivity index (χ2n) is 4.77. The van der Waals surface area contributed by atoms with E-state index in [1.165, 1.54) is 5.56 Å². The van der Waals surface area contributed by atoms with Gasteiger partial charge in [-0.3, -0.25) is 0 Å². The zero-order chi connectivity index (χ0) is 15.9. The SMILES string of the molecule is CCc1cccc(N(C)C(N)=Nc2ccccc2SCBr)c1. The second-order valence-corrected chi connectivity index (χ2v) is 7.09. The summed E-state index contributed by atoms with van der Waals surface area (Å²) in [6.45, 7) is 2.14. The fourth-order valence-electron chi connectivity index (χ4n) is 2.05. The molecule has 0 spiro atoms. The van der Waals surface area contributed by atoms with E-state index in [9.17, 15) is 0 Å². The van der Waals surface area contributed by atoms with Crippen LogP contribution in [0.3, 0.4) is 0 Å². The van der Waals surface area contributed by atoms with Crippen LogP contribution in [0.15, 0.2) is 58.4 Å². The van der Waals surface area contributed by atoms with Crippen molar-refractivity contribution < 1.29 is 0 Å². The number of anilines is 1. The van der Waals surface area contributed by atoms with Crippen LogP contribution >= 0.6 is 27.7 Å². The van der Waals surface area contributed by atoms with Gasteiger partial charge in [-0.2, -0.15) is 0 Å². The number of benzene rings is 2. The molecule has 116 valence electrons. The third-order valence-corrected chi connectivity index (χ3v) is 4.81. The maximum Gasteiger partial charge on any atom is 0.200 e. The highest BCUT2D eigenvalue weighted by Gasteiger charge is 2.07. The van der Waals surface area contributed by atoms with Crippen molar-refractivity contribution in [2.75, 3.05) is 16.6 Å². The van der Waals surface area contributed by atoms with Crippen LogP contribution in [0.1, 0.15) is 12.5 Å². The Bertz CT molecular complexity index is 658. The first-order valence-corrected chi connectivity index (χ1v) is 9.21. The quantitative estimate of drug-likeness (QED) is 0.353. The highest BCUT2D eigenvalue weighted by Crippen LogP contribution is 2.30. The van der Waals surface area contributed by atoms with Crippen molar-refractivity contribution in [1.29, 1.82) is 0 Å². The van der Waals surface area contributed by atoms with Gasteiger partial charge in [0, 0.05) is 17.6 Å². The third-order valence-electron chi connectivity index (χ3n) is 3.36. The van der Waals surface area contributed by atoms with Crippen LogP contribution in [0.25, 0.3) is 0 Å². The minimum Gasteiger partial charge on any atom is -0.369 e. The smallest absolute Gasteiger partial charge is 0.200 e. The molecule has 0 atom stereocenters. The first-order valence-electron chi connectivity index (χ1n) is 7.10. The van der Waals surface area contributed by atoms with Crippen LogP contribution in [-0.2, 0) is 6.42 Å². The summed E-state index contributed by atoms with van der Waals surface area (Å²) in [4.78, 5) is 7.61. The fraction of sp³-hybridized carbons (Fsp3) is 0.235. The minimum atomic E-state index is 0.482. The van der Waals surface area contributed by atoms with Gasteiger partial charge in [-0.05, 0) is 36.2 Å². The van der Waals surface area contributed by atoms with E-state index in [4.69, 9.17) is 5.73 Å². The molecule has 0 aromatic heterocycles. The van der Waals surface area contributed by atoms with Crippen molar-refractivity contribution in [3.8, 4) is 0 Å². The number of alkyl halides is 1. The largest absolute Gasteiger partial charge is 0.369 e. The van der Waals surface area contributed by atoms with Gasteiger partial charge in [0.2, 0.25) is 5.96 Å². The highest BCUT2D eigenvalue weighted by molar-refractivity contribution is 9.11. The molecule has 5 heteroatoms. The average Bonchev–Trinajstić information content (AvgIpc) is 2.56. The number of hydrogen-bond acceptors (Lipinski definition) is 2. The standard InChI is InChI=1S/C17H20BrN3S/c1-3-13-7-6-8-14(11-13)21(2)17(19)20-15-9-4-5-10-16(15)22-12-18/h4-11H,3,12H2,1-2H3,(H2,19,20). The third kappa shape index (κ3) is 4.27. The lowest BCUT2D eigenvalue weighted by atomic mass is 10.1. The predicted octanol–water partition coefficient (Wildman–Crippen LogP) is 4.78. The molecule has 0 radical (unpaired) electrons. The van der Waals surface area contributed by atoms with Gasteiger partial charge >= 0.3 is 0 Å². The molecule has 0 unspecified atom stereocenters. The number of guanidine groups is 1. The van der Waals surface area contributed by atoms with Gasteiger partial charge in [0.15, 0.2) is 0 Å². The van der Waals surface area contributed by atoms with Crippen LogP contribution in [0, 0.1) is 0 Å². The van der Waals surface area contributed by atoms with E-state index in [2.05, 4.69) is 46.0 Å². The molecule has 0 bridgehead atoms. The number of hydrogen-bond donors (Lipinski definition) is 1. The van der Waals surface area contributed by atoms with E-state index in [-0.39, 0.29) is 0 Å². The van der Waals surface area contributed by atoms with E-state index >= 15 is 0 Å². The molecule has 0 aliphatic carbocycles. The zero-order valence-electron chi connectivity index (χ0n) is 12.8. The molecular formula is C17H20BrN3S. The Balaban J connectivity index is 2.28. The lowest BCUT2D eigenvalue weighted by molar-refractivity contribution is 1.13. The molecule has 0 amide bonds. The first kappa shape index (κ1) is 16.9. The molecule has 2 N–H and O–H groups in total. The van der Waals surface area contributed by atoms with Crippen molar-refractivity contribution in [2.24, 2.45) is 10.7 Å². The Morgan fingerprint density at radius 3 is 2.73 bits per heavy atom. The van der Waals surface area contributed by atoms with Crippen LogP contribution in [0.5, 0.6) is 0 Å². The van der Waals surface area contributed by atoms with Crippen LogP contribution in [0.2, 0.25) is 0 Å². The van der Waals surface area contributed by atoms with E-state index in [0.29, 0.717) is 5.96 Å². The number of nitrogens with zero attached hydrogens (tertiary/aromatic N) is 2. The van der Waals surface area contributed by atoms with Gasteiger partial charge in [-0.25, -0.2) is 4.99 Å². The summed E-state index contributed by atoms with van der Waals surface area (Å²) in [5, 5.41) is 0. The molecule has 0 aliphatic rings. The summed E-state index contributed by atoms with van der Waals surface area (Å²) >= 11 is 5.13. The molecule has 0 heterocycles. The summed E-state index contributed by atoms with van der Waals surface area (Å²) in [6, 6.07) is 16.4. The van der Waals surface area contributed by atoms with Crippen LogP contribution < -0.4 is 10.6 Å². The molecule has 3 nitrogen and oxygen atoms in total. The number of aryl methyl sites for hydroxylation is 1. The lowest BCUT2D eigenvalue weighted by Crippen LogP contribution is -2.33. The molecular weight excluding hydrogens is 358 g/mol. The van der Waals surface area contributed by atoms with Gasteiger partial charge in [0.1, 0.15) is 0 Å². The minimum absolute atomic E-state index is 0.482. The Morgan fingerprint density at radius 2 is 2.00 bits per heavy atom. The number of rotatable bonds is 5. The molecule has 2 rings (SSSR count). The molecule has 0 saturated carbocycles. The monoisotopic (exact) mass is 377 g/mol. The number of halogens is 1. The van der Waals surface area contributed by atoms with Gasteiger partial charge in [0.25, 0.3) is 0 Å². The van der Waals surface area contributed by atoms with E-state index < -0.39 is 0 Å². The Labute approximate surface area is 144 Å². The normalized spacial score (nSPS) is 11.5. The van der Waals surface area contributed by atoms with Crippen LogP contribution in [-0.4, -0.2) is 17.7 Å². The number of nitrogens with two attached hydrogens (primary N) is 1. The number of para-hydroxylation sites is 1. The molecule has 2 aromatic carbocycles. The zero-order valence-corrected chi connectivity index (χ0v) is 15.2. The fourth-order valence-corrected chi connectivity index (χ4v) is 3.34. The number of thioether (sulfide) groups is 1. The van der Waals surface area contributed by atoms with Crippen molar-refractivity contribution in [3.05, 3.63) is 54.1 Å².